The zero-order valence-electron chi connectivity index (χ0n) is 16.0. The van der Waals surface area contributed by atoms with E-state index in [0.29, 0.717) is 12.5 Å². The predicted octanol–water partition coefficient (Wildman–Crippen LogP) is 2.36. The SMILES string of the molecule is CC(C)CC(C=CC(=O)N1CCc2ccccc21)NC(=O)C1CC(F)CN1. The largest absolute Gasteiger partial charge is 0.349 e. The van der Waals surface area contributed by atoms with Crippen molar-refractivity contribution in [2.75, 3.05) is 18.0 Å². The van der Waals surface area contributed by atoms with E-state index in [1.165, 1.54) is 5.56 Å². The monoisotopic (exact) mass is 373 g/mol. The van der Waals surface area contributed by atoms with Crippen molar-refractivity contribution in [2.24, 2.45) is 5.92 Å². The fraction of sp³-hybridized carbons (Fsp3) is 0.524. The van der Waals surface area contributed by atoms with Crippen LogP contribution in [0.5, 0.6) is 0 Å². The van der Waals surface area contributed by atoms with Gasteiger partial charge >= 0.3 is 0 Å². The van der Waals surface area contributed by atoms with Crippen molar-refractivity contribution >= 4 is 17.5 Å². The summed E-state index contributed by atoms with van der Waals surface area (Å²) in [6, 6.07) is 7.17. The van der Waals surface area contributed by atoms with Crippen LogP contribution in [0.2, 0.25) is 0 Å². The number of amides is 2. The molecule has 1 aromatic rings. The molecule has 0 saturated carbocycles. The molecule has 3 atom stereocenters. The molecule has 2 heterocycles. The van der Waals surface area contributed by atoms with Gasteiger partial charge in [-0.15, -0.1) is 0 Å². The van der Waals surface area contributed by atoms with Crippen LogP contribution in [-0.4, -0.2) is 43.2 Å². The van der Waals surface area contributed by atoms with Crippen LogP contribution in [0, 0.1) is 5.92 Å². The molecule has 5 nitrogen and oxygen atoms in total. The minimum absolute atomic E-state index is 0.0780. The van der Waals surface area contributed by atoms with Crippen molar-refractivity contribution in [2.45, 2.75) is 51.4 Å². The van der Waals surface area contributed by atoms with Crippen molar-refractivity contribution in [3.05, 3.63) is 42.0 Å². The number of nitrogens with one attached hydrogen (secondary N) is 2. The van der Waals surface area contributed by atoms with E-state index in [4.69, 9.17) is 0 Å². The minimum Gasteiger partial charge on any atom is -0.349 e. The maximum atomic E-state index is 13.3. The highest BCUT2D eigenvalue weighted by molar-refractivity contribution is 6.03. The molecule has 27 heavy (non-hydrogen) atoms. The molecule has 6 heteroatoms. The normalized spacial score (nSPS) is 23.0. The van der Waals surface area contributed by atoms with E-state index in [-0.39, 0.29) is 30.8 Å². The summed E-state index contributed by atoms with van der Waals surface area (Å²) in [5.41, 5.74) is 2.14. The zero-order chi connectivity index (χ0) is 19.4. The van der Waals surface area contributed by atoms with Crippen LogP contribution < -0.4 is 15.5 Å². The molecular weight excluding hydrogens is 345 g/mol. The Hall–Kier alpha value is -2.21. The summed E-state index contributed by atoms with van der Waals surface area (Å²) in [6.45, 7) is 5.02. The number of halogens is 1. The number of hydrogen-bond acceptors (Lipinski definition) is 3. The zero-order valence-corrected chi connectivity index (χ0v) is 16.0. The highest BCUT2D eigenvalue weighted by Crippen LogP contribution is 2.27. The first-order chi connectivity index (χ1) is 12.9. The lowest BCUT2D eigenvalue weighted by Crippen LogP contribution is -2.45. The maximum absolute atomic E-state index is 13.3. The molecule has 2 N–H and O–H groups in total. The number of nitrogens with zero attached hydrogens (tertiary/aromatic N) is 1. The molecule has 1 aromatic carbocycles. The molecule has 3 rings (SSSR count). The molecule has 2 aliphatic rings. The number of alkyl halides is 1. The molecular formula is C21H28FN3O2. The van der Waals surface area contributed by atoms with Gasteiger partial charge in [-0.1, -0.05) is 38.1 Å². The summed E-state index contributed by atoms with van der Waals surface area (Å²) in [5.74, 6) is 0.0724. The van der Waals surface area contributed by atoms with E-state index >= 15 is 0 Å². The fourth-order valence-electron chi connectivity index (χ4n) is 3.72. The molecule has 0 bridgehead atoms. The molecule has 1 saturated heterocycles. The lowest BCUT2D eigenvalue weighted by atomic mass is 10.0. The maximum Gasteiger partial charge on any atom is 0.250 e. The van der Waals surface area contributed by atoms with Crippen LogP contribution >= 0.6 is 0 Å². The number of para-hydroxylation sites is 1. The molecule has 2 amide bonds. The van der Waals surface area contributed by atoms with Crippen LogP contribution in [0.3, 0.4) is 0 Å². The van der Waals surface area contributed by atoms with Gasteiger partial charge in [-0.25, -0.2) is 4.39 Å². The van der Waals surface area contributed by atoms with Gasteiger partial charge < -0.3 is 15.5 Å². The molecule has 2 aliphatic heterocycles. The van der Waals surface area contributed by atoms with E-state index in [1.807, 2.05) is 24.3 Å². The smallest absolute Gasteiger partial charge is 0.250 e. The van der Waals surface area contributed by atoms with E-state index < -0.39 is 12.2 Å². The predicted molar refractivity (Wildman–Crippen MR) is 104 cm³/mol. The minimum atomic E-state index is -0.975. The third-order valence-corrected chi connectivity index (χ3v) is 5.07. The number of benzene rings is 1. The van der Waals surface area contributed by atoms with Crippen LogP contribution in [0.1, 0.15) is 32.3 Å². The second-order valence-electron chi connectivity index (χ2n) is 7.77. The van der Waals surface area contributed by atoms with Gasteiger partial charge in [-0.05, 0) is 30.4 Å². The second-order valence-corrected chi connectivity index (χ2v) is 7.77. The summed E-state index contributed by atoms with van der Waals surface area (Å²) >= 11 is 0. The molecule has 1 fully saturated rings. The van der Waals surface area contributed by atoms with E-state index in [2.05, 4.69) is 24.5 Å². The van der Waals surface area contributed by atoms with Gasteiger partial charge in [-0.2, -0.15) is 0 Å². The van der Waals surface area contributed by atoms with Gasteiger partial charge in [0.2, 0.25) is 5.91 Å². The van der Waals surface area contributed by atoms with Crippen molar-refractivity contribution in [3.8, 4) is 0 Å². The number of carbonyl (C=O) groups excluding carboxylic acids is 2. The average Bonchev–Trinajstić information content (AvgIpc) is 3.25. The Bertz CT molecular complexity index is 719. The third kappa shape index (κ3) is 4.95. The number of carbonyl (C=O) groups is 2. The van der Waals surface area contributed by atoms with Crippen molar-refractivity contribution < 1.29 is 14.0 Å². The van der Waals surface area contributed by atoms with E-state index in [1.54, 1.807) is 17.1 Å². The van der Waals surface area contributed by atoms with Gasteiger partial charge in [0.1, 0.15) is 6.17 Å². The fourth-order valence-corrected chi connectivity index (χ4v) is 3.72. The van der Waals surface area contributed by atoms with Crippen molar-refractivity contribution in [3.63, 3.8) is 0 Å². The molecule has 0 spiro atoms. The van der Waals surface area contributed by atoms with Crippen LogP contribution in [0.15, 0.2) is 36.4 Å². The number of hydrogen-bond donors (Lipinski definition) is 2. The summed E-state index contributed by atoms with van der Waals surface area (Å²) in [6.07, 6.45) is 4.13. The average molecular weight is 373 g/mol. The summed E-state index contributed by atoms with van der Waals surface area (Å²) < 4.78 is 13.3. The van der Waals surface area contributed by atoms with Gasteiger partial charge in [0.05, 0.1) is 6.04 Å². The van der Waals surface area contributed by atoms with Crippen LogP contribution in [-0.2, 0) is 16.0 Å². The quantitative estimate of drug-likeness (QED) is 0.753. The first-order valence-corrected chi connectivity index (χ1v) is 9.69. The Morgan fingerprint density at radius 2 is 2.15 bits per heavy atom. The topological polar surface area (TPSA) is 61.4 Å². The first-order valence-electron chi connectivity index (χ1n) is 9.69. The van der Waals surface area contributed by atoms with Gasteiger partial charge in [0.25, 0.3) is 5.91 Å². The van der Waals surface area contributed by atoms with Gasteiger partial charge in [0, 0.05) is 37.3 Å². The Morgan fingerprint density at radius 3 is 2.85 bits per heavy atom. The molecule has 146 valence electrons. The lowest BCUT2D eigenvalue weighted by molar-refractivity contribution is -0.123. The second kappa shape index (κ2) is 8.65. The Labute approximate surface area is 160 Å². The van der Waals surface area contributed by atoms with Gasteiger partial charge in [0.15, 0.2) is 0 Å². The van der Waals surface area contributed by atoms with Crippen LogP contribution in [0.25, 0.3) is 0 Å². The standard InChI is InChI=1S/C21H28FN3O2/c1-14(2)11-17(24-21(27)18-12-16(22)13-23-18)7-8-20(26)25-10-9-15-5-3-4-6-19(15)25/h3-8,14,16-18,23H,9-13H2,1-2H3,(H,24,27). The summed E-state index contributed by atoms with van der Waals surface area (Å²) in [4.78, 5) is 26.8. The number of anilines is 1. The Balaban J connectivity index is 1.63. The van der Waals surface area contributed by atoms with Crippen molar-refractivity contribution in [1.29, 1.82) is 0 Å². The van der Waals surface area contributed by atoms with Crippen molar-refractivity contribution in [1.82, 2.24) is 10.6 Å². The van der Waals surface area contributed by atoms with E-state index in [0.717, 1.165) is 18.5 Å². The molecule has 3 unspecified atom stereocenters. The molecule has 0 aromatic heterocycles. The lowest BCUT2D eigenvalue weighted by Gasteiger charge is -2.20. The highest BCUT2D eigenvalue weighted by Gasteiger charge is 2.30. The molecule has 0 radical (unpaired) electrons. The molecule has 0 aliphatic carbocycles. The summed E-state index contributed by atoms with van der Waals surface area (Å²) in [7, 11) is 0. The van der Waals surface area contributed by atoms with E-state index in [9.17, 15) is 14.0 Å². The highest BCUT2D eigenvalue weighted by atomic mass is 19.1. The van der Waals surface area contributed by atoms with Crippen LogP contribution in [0.4, 0.5) is 10.1 Å². The third-order valence-electron chi connectivity index (χ3n) is 5.07. The first kappa shape index (κ1) is 19.5. The summed E-state index contributed by atoms with van der Waals surface area (Å²) in [5, 5.41) is 5.85. The number of fused-ring (bicyclic) bond motifs is 1. The Morgan fingerprint density at radius 1 is 1.37 bits per heavy atom. The van der Waals surface area contributed by atoms with Gasteiger partial charge in [-0.3, -0.25) is 9.59 Å². The Kier molecular flexibility index (Phi) is 6.26. The number of rotatable bonds is 6.